The van der Waals surface area contributed by atoms with Crippen molar-refractivity contribution < 1.29 is 18.0 Å². The first kappa shape index (κ1) is 21.2. The number of carbonyl (C=O) groups excluding carboxylic acids is 1. The van der Waals surface area contributed by atoms with E-state index in [0.29, 0.717) is 16.4 Å². The Labute approximate surface area is 184 Å². The number of alkyl halides is 3. The summed E-state index contributed by atoms with van der Waals surface area (Å²) in [5, 5.41) is 10.4. The van der Waals surface area contributed by atoms with Gasteiger partial charge in [-0.3, -0.25) is 9.20 Å². The van der Waals surface area contributed by atoms with Gasteiger partial charge in [0, 0.05) is 6.20 Å². The Hall–Kier alpha value is -3.04. The predicted octanol–water partition coefficient (Wildman–Crippen LogP) is 5.87. The number of benzene rings is 2. The van der Waals surface area contributed by atoms with Gasteiger partial charge >= 0.3 is 6.18 Å². The van der Waals surface area contributed by atoms with Crippen molar-refractivity contribution in [2.75, 3.05) is 5.32 Å². The highest BCUT2D eigenvalue weighted by atomic mass is 35.5. The third-order valence-electron chi connectivity index (χ3n) is 4.40. The summed E-state index contributed by atoms with van der Waals surface area (Å²) in [7, 11) is 0. The third-order valence-corrected chi connectivity index (χ3v) is 5.94. The van der Waals surface area contributed by atoms with E-state index in [9.17, 15) is 18.0 Å². The van der Waals surface area contributed by atoms with Crippen LogP contribution in [-0.2, 0) is 11.0 Å². The second-order valence-corrected chi connectivity index (χ2v) is 7.98. The van der Waals surface area contributed by atoms with Gasteiger partial charge in [-0.1, -0.05) is 59.8 Å². The van der Waals surface area contributed by atoms with E-state index in [0.717, 1.165) is 30.0 Å². The molecule has 4 aromatic rings. The van der Waals surface area contributed by atoms with Crippen LogP contribution in [0.25, 0.3) is 5.65 Å². The Balaban J connectivity index is 1.67. The molecule has 2 aromatic heterocycles. The lowest BCUT2D eigenvalue weighted by molar-refractivity contribution is -0.137. The van der Waals surface area contributed by atoms with E-state index in [4.69, 9.17) is 11.6 Å². The monoisotopic (exact) mass is 462 g/mol. The van der Waals surface area contributed by atoms with Crippen LogP contribution in [0.15, 0.2) is 78.1 Å². The van der Waals surface area contributed by atoms with Gasteiger partial charge in [-0.05, 0) is 35.9 Å². The third kappa shape index (κ3) is 4.67. The fourth-order valence-corrected chi connectivity index (χ4v) is 4.09. The zero-order chi connectivity index (χ0) is 22.0. The lowest BCUT2D eigenvalue weighted by Gasteiger charge is -2.17. The number of hydrogen-bond donors (Lipinski definition) is 1. The summed E-state index contributed by atoms with van der Waals surface area (Å²) in [6.45, 7) is 0. The molecule has 1 atom stereocenters. The van der Waals surface area contributed by atoms with Gasteiger partial charge in [0.2, 0.25) is 5.91 Å². The number of amides is 1. The van der Waals surface area contributed by atoms with Crippen LogP contribution in [0.5, 0.6) is 0 Å². The molecule has 2 aromatic carbocycles. The molecular weight excluding hydrogens is 449 g/mol. The molecule has 1 N–H and O–H groups in total. The van der Waals surface area contributed by atoms with Gasteiger partial charge < -0.3 is 5.32 Å². The summed E-state index contributed by atoms with van der Waals surface area (Å²) in [5.74, 6) is -0.537. The number of hydrogen-bond acceptors (Lipinski definition) is 4. The van der Waals surface area contributed by atoms with E-state index < -0.39 is 22.9 Å². The van der Waals surface area contributed by atoms with Crippen LogP contribution in [0.3, 0.4) is 0 Å². The molecule has 0 aliphatic heterocycles. The minimum atomic E-state index is -4.56. The number of nitrogens with zero attached hydrogens (tertiary/aromatic N) is 3. The van der Waals surface area contributed by atoms with Gasteiger partial charge in [0.1, 0.15) is 5.25 Å². The van der Waals surface area contributed by atoms with Crippen LogP contribution in [0.4, 0.5) is 18.9 Å². The molecule has 0 saturated carbocycles. The average molecular weight is 463 g/mol. The van der Waals surface area contributed by atoms with Crippen molar-refractivity contribution in [3.63, 3.8) is 0 Å². The molecule has 0 spiro atoms. The Morgan fingerprint density at radius 3 is 2.52 bits per heavy atom. The number of aromatic nitrogens is 3. The Morgan fingerprint density at radius 1 is 1.03 bits per heavy atom. The maximum atomic E-state index is 13.2. The first-order chi connectivity index (χ1) is 14.8. The van der Waals surface area contributed by atoms with Crippen LogP contribution in [-0.4, -0.2) is 20.5 Å². The van der Waals surface area contributed by atoms with Crippen molar-refractivity contribution in [2.24, 2.45) is 0 Å². The number of thioether (sulfide) groups is 1. The molecule has 158 valence electrons. The summed E-state index contributed by atoms with van der Waals surface area (Å²) >= 11 is 7.18. The minimum Gasteiger partial charge on any atom is -0.323 e. The zero-order valence-corrected chi connectivity index (χ0v) is 17.2. The van der Waals surface area contributed by atoms with Crippen molar-refractivity contribution in [3.8, 4) is 0 Å². The maximum absolute atomic E-state index is 13.2. The van der Waals surface area contributed by atoms with Gasteiger partial charge in [-0.15, -0.1) is 10.2 Å². The lowest BCUT2D eigenvalue weighted by Crippen LogP contribution is -2.20. The Morgan fingerprint density at radius 2 is 1.77 bits per heavy atom. The van der Waals surface area contributed by atoms with E-state index >= 15 is 0 Å². The van der Waals surface area contributed by atoms with Crippen molar-refractivity contribution in [1.29, 1.82) is 0 Å². The molecule has 4 rings (SSSR count). The Kier molecular flexibility index (Phi) is 5.88. The molecule has 0 aliphatic carbocycles. The number of fused-ring (bicyclic) bond motifs is 1. The summed E-state index contributed by atoms with van der Waals surface area (Å²) in [6.07, 6.45) is -2.79. The summed E-state index contributed by atoms with van der Waals surface area (Å²) in [6, 6.07) is 17.1. The molecular formula is C21H14ClF3N4OS. The van der Waals surface area contributed by atoms with E-state index in [1.165, 1.54) is 0 Å². The maximum Gasteiger partial charge on any atom is 0.416 e. The fraction of sp³-hybridized carbons (Fsp3) is 0.0952. The SMILES string of the molecule is O=C(Nc1cc(C(F)(F)F)ccc1Cl)[C@H](Sc1nnc2ccccn12)c1ccccc1. The molecule has 0 radical (unpaired) electrons. The number of anilines is 1. The molecule has 0 aliphatic rings. The van der Waals surface area contributed by atoms with E-state index in [-0.39, 0.29) is 10.7 Å². The molecule has 0 bridgehead atoms. The first-order valence-corrected chi connectivity index (χ1v) is 10.3. The van der Waals surface area contributed by atoms with Crippen LogP contribution in [0, 0.1) is 0 Å². The zero-order valence-electron chi connectivity index (χ0n) is 15.7. The number of halogens is 4. The average Bonchev–Trinajstić information content (AvgIpc) is 3.16. The smallest absolute Gasteiger partial charge is 0.323 e. The van der Waals surface area contributed by atoms with E-state index in [1.54, 1.807) is 53.1 Å². The fourth-order valence-electron chi connectivity index (χ4n) is 2.90. The highest BCUT2D eigenvalue weighted by molar-refractivity contribution is 8.00. The molecule has 2 heterocycles. The molecule has 31 heavy (non-hydrogen) atoms. The van der Waals surface area contributed by atoms with Crippen LogP contribution < -0.4 is 5.32 Å². The highest BCUT2D eigenvalue weighted by Gasteiger charge is 2.32. The van der Waals surface area contributed by atoms with E-state index in [2.05, 4.69) is 15.5 Å². The van der Waals surface area contributed by atoms with Crippen molar-refractivity contribution in [3.05, 3.63) is 89.1 Å². The molecule has 0 unspecified atom stereocenters. The van der Waals surface area contributed by atoms with Crippen LogP contribution in [0.2, 0.25) is 5.02 Å². The largest absolute Gasteiger partial charge is 0.416 e. The number of carbonyl (C=O) groups is 1. The van der Waals surface area contributed by atoms with Crippen LogP contribution in [0.1, 0.15) is 16.4 Å². The first-order valence-electron chi connectivity index (χ1n) is 9.02. The topological polar surface area (TPSA) is 59.3 Å². The lowest BCUT2D eigenvalue weighted by atomic mass is 10.1. The van der Waals surface area contributed by atoms with E-state index in [1.807, 2.05) is 6.07 Å². The quantitative estimate of drug-likeness (QED) is 0.377. The normalized spacial score (nSPS) is 12.6. The number of rotatable bonds is 5. The van der Waals surface area contributed by atoms with Crippen molar-refractivity contribution >= 4 is 40.6 Å². The molecule has 1 amide bonds. The molecule has 10 heteroatoms. The second kappa shape index (κ2) is 8.60. The van der Waals surface area contributed by atoms with Crippen molar-refractivity contribution in [2.45, 2.75) is 16.6 Å². The van der Waals surface area contributed by atoms with Crippen molar-refractivity contribution in [1.82, 2.24) is 14.6 Å². The van der Waals surface area contributed by atoms with Gasteiger partial charge in [-0.2, -0.15) is 13.2 Å². The van der Waals surface area contributed by atoms with Gasteiger partial charge in [-0.25, -0.2) is 0 Å². The van der Waals surface area contributed by atoms with Gasteiger partial charge in [0.15, 0.2) is 10.8 Å². The molecule has 0 fully saturated rings. The van der Waals surface area contributed by atoms with Crippen LogP contribution >= 0.6 is 23.4 Å². The van der Waals surface area contributed by atoms with Gasteiger partial charge in [0.05, 0.1) is 16.3 Å². The predicted molar refractivity (Wildman–Crippen MR) is 113 cm³/mol. The minimum absolute atomic E-state index is 0.00564. The standard InChI is InChI=1S/C21H14ClF3N4OS/c22-15-10-9-14(21(23,24)25)12-16(15)26-19(30)18(13-6-2-1-3-7-13)31-20-28-27-17-8-4-5-11-29(17)20/h1-12,18H,(H,26,30)/t18-/m1/s1. The summed E-state index contributed by atoms with van der Waals surface area (Å²) < 4.78 is 41.0. The summed E-state index contributed by atoms with van der Waals surface area (Å²) in [5.41, 5.74) is 0.243. The highest BCUT2D eigenvalue weighted by Crippen LogP contribution is 2.38. The summed E-state index contributed by atoms with van der Waals surface area (Å²) in [4.78, 5) is 13.2. The molecule has 5 nitrogen and oxygen atoms in total. The Bertz CT molecular complexity index is 1230. The molecule has 0 saturated heterocycles. The second-order valence-electron chi connectivity index (χ2n) is 6.50. The number of pyridine rings is 1. The number of nitrogens with one attached hydrogen (secondary N) is 1. The van der Waals surface area contributed by atoms with Gasteiger partial charge in [0.25, 0.3) is 0 Å².